The minimum absolute atomic E-state index is 0.165. The molecule has 1 saturated heterocycles. The van der Waals surface area contributed by atoms with E-state index in [0.717, 1.165) is 43.2 Å². The van der Waals surface area contributed by atoms with E-state index in [2.05, 4.69) is 14.9 Å². The van der Waals surface area contributed by atoms with Gasteiger partial charge in [-0.2, -0.15) is 5.10 Å². The molecule has 0 spiro atoms. The van der Waals surface area contributed by atoms with E-state index in [1.807, 2.05) is 57.2 Å². The van der Waals surface area contributed by atoms with Gasteiger partial charge in [0.25, 0.3) is 0 Å². The van der Waals surface area contributed by atoms with Gasteiger partial charge in [-0.15, -0.1) is 0 Å². The number of aliphatic hydroxyl groups is 1. The minimum Gasteiger partial charge on any atom is -0.508 e. The molecular formula is C24H31N5O3. The van der Waals surface area contributed by atoms with Crippen LogP contribution in [-0.4, -0.2) is 56.8 Å². The highest BCUT2D eigenvalue weighted by molar-refractivity contribution is 5.54. The standard InChI is InChI=1S/C24H31N5O3/c1-24(2,3)22(31)16-29-23(32)28(17-25-29)20-6-4-18(5-7-20)26-12-14-27(15-13-26)19-8-10-21(30)11-9-19/h4-11,17,22,30-31H,12-16H2,1-3H3. The molecule has 170 valence electrons. The van der Waals surface area contributed by atoms with E-state index >= 15 is 0 Å². The van der Waals surface area contributed by atoms with Gasteiger partial charge in [0.05, 0.1) is 18.3 Å². The Morgan fingerprint density at radius 1 is 0.875 bits per heavy atom. The van der Waals surface area contributed by atoms with Crippen molar-refractivity contribution in [2.24, 2.45) is 5.41 Å². The fourth-order valence-electron chi connectivity index (χ4n) is 3.79. The average Bonchev–Trinajstić information content (AvgIpc) is 3.14. The summed E-state index contributed by atoms with van der Waals surface area (Å²) in [6.45, 7) is 9.54. The number of phenolic OH excluding ortho intramolecular Hbond substituents is 1. The Morgan fingerprint density at radius 3 is 1.84 bits per heavy atom. The van der Waals surface area contributed by atoms with Crippen LogP contribution >= 0.6 is 0 Å². The smallest absolute Gasteiger partial charge is 0.350 e. The van der Waals surface area contributed by atoms with Gasteiger partial charge in [-0.3, -0.25) is 0 Å². The number of aliphatic hydroxyl groups excluding tert-OH is 1. The number of hydrogen-bond donors (Lipinski definition) is 2. The van der Waals surface area contributed by atoms with Crippen LogP contribution < -0.4 is 15.5 Å². The molecule has 2 aromatic carbocycles. The van der Waals surface area contributed by atoms with Crippen LogP contribution in [0.3, 0.4) is 0 Å². The predicted molar refractivity (Wildman–Crippen MR) is 126 cm³/mol. The lowest BCUT2D eigenvalue weighted by Crippen LogP contribution is -2.46. The molecule has 1 atom stereocenters. The molecule has 1 aliphatic heterocycles. The molecule has 0 amide bonds. The maximum atomic E-state index is 12.7. The van der Waals surface area contributed by atoms with Gasteiger partial charge in [0.2, 0.25) is 0 Å². The number of hydrogen-bond acceptors (Lipinski definition) is 6. The molecule has 8 nitrogen and oxygen atoms in total. The Labute approximate surface area is 187 Å². The van der Waals surface area contributed by atoms with E-state index in [0.29, 0.717) is 0 Å². The molecular weight excluding hydrogens is 406 g/mol. The molecule has 3 aromatic rings. The summed E-state index contributed by atoms with van der Waals surface area (Å²) in [6.07, 6.45) is 0.842. The summed E-state index contributed by atoms with van der Waals surface area (Å²) in [4.78, 5) is 17.4. The molecule has 1 aliphatic rings. The van der Waals surface area contributed by atoms with E-state index in [-0.39, 0.29) is 23.4 Å². The van der Waals surface area contributed by atoms with E-state index in [1.54, 1.807) is 12.1 Å². The van der Waals surface area contributed by atoms with Crippen molar-refractivity contribution in [3.63, 3.8) is 0 Å². The van der Waals surface area contributed by atoms with E-state index in [1.165, 1.54) is 15.6 Å². The molecule has 2 N–H and O–H groups in total. The van der Waals surface area contributed by atoms with Crippen LogP contribution in [0.5, 0.6) is 5.75 Å². The van der Waals surface area contributed by atoms with E-state index < -0.39 is 6.10 Å². The van der Waals surface area contributed by atoms with Crippen LogP contribution in [0, 0.1) is 5.41 Å². The SMILES string of the molecule is CC(C)(C)C(O)Cn1ncn(-c2ccc(N3CCN(c4ccc(O)cc4)CC3)cc2)c1=O. The molecule has 1 aromatic heterocycles. The zero-order chi connectivity index (χ0) is 22.9. The van der Waals surface area contributed by atoms with Crippen molar-refractivity contribution < 1.29 is 10.2 Å². The first-order valence-corrected chi connectivity index (χ1v) is 10.9. The van der Waals surface area contributed by atoms with Gasteiger partial charge < -0.3 is 20.0 Å². The number of anilines is 2. The Morgan fingerprint density at radius 2 is 1.34 bits per heavy atom. The van der Waals surface area contributed by atoms with Crippen molar-refractivity contribution in [3.8, 4) is 11.4 Å². The van der Waals surface area contributed by atoms with Crippen molar-refractivity contribution in [1.82, 2.24) is 14.3 Å². The topological polar surface area (TPSA) is 86.8 Å². The summed E-state index contributed by atoms with van der Waals surface area (Å²) in [5.74, 6) is 0.280. The Hall–Kier alpha value is -3.26. The average molecular weight is 438 g/mol. The van der Waals surface area contributed by atoms with E-state index in [9.17, 15) is 15.0 Å². The van der Waals surface area contributed by atoms with Gasteiger partial charge in [0.15, 0.2) is 0 Å². The normalized spacial score (nSPS) is 15.8. The molecule has 4 rings (SSSR count). The van der Waals surface area contributed by atoms with Crippen molar-refractivity contribution in [2.45, 2.75) is 33.4 Å². The highest BCUT2D eigenvalue weighted by Crippen LogP contribution is 2.23. The number of phenols is 1. The fourth-order valence-corrected chi connectivity index (χ4v) is 3.79. The summed E-state index contributed by atoms with van der Waals surface area (Å²) < 4.78 is 2.81. The monoisotopic (exact) mass is 437 g/mol. The van der Waals surface area contributed by atoms with Crippen molar-refractivity contribution >= 4 is 11.4 Å². The van der Waals surface area contributed by atoms with Gasteiger partial charge in [-0.25, -0.2) is 14.0 Å². The summed E-state index contributed by atoms with van der Waals surface area (Å²) in [7, 11) is 0. The number of benzene rings is 2. The molecule has 0 radical (unpaired) electrons. The third kappa shape index (κ3) is 4.65. The molecule has 8 heteroatoms. The third-order valence-electron chi connectivity index (χ3n) is 6.07. The molecule has 0 bridgehead atoms. The van der Waals surface area contributed by atoms with Gasteiger partial charge in [-0.05, 0) is 53.9 Å². The largest absolute Gasteiger partial charge is 0.508 e. The van der Waals surface area contributed by atoms with Crippen LogP contribution in [0.15, 0.2) is 59.7 Å². The lowest BCUT2D eigenvalue weighted by molar-refractivity contribution is 0.0440. The highest BCUT2D eigenvalue weighted by Gasteiger charge is 2.24. The van der Waals surface area contributed by atoms with Gasteiger partial charge in [-0.1, -0.05) is 20.8 Å². The molecule has 1 unspecified atom stereocenters. The predicted octanol–water partition coefficient (Wildman–Crippen LogP) is 2.47. The summed E-state index contributed by atoms with van der Waals surface area (Å²) in [5.41, 5.74) is 2.40. The maximum Gasteiger partial charge on any atom is 0.350 e. The van der Waals surface area contributed by atoms with Gasteiger partial charge in [0, 0.05) is 37.6 Å². The van der Waals surface area contributed by atoms with Crippen molar-refractivity contribution in [3.05, 3.63) is 65.3 Å². The second kappa shape index (κ2) is 8.70. The van der Waals surface area contributed by atoms with Gasteiger partial charge >= 0.3 is 5.69 Å². The third-order valence-corrected chi connectivity index (χ3v) is 6.07. The van der Waals surface area contributed by atoms with Crippen LogP contribution in [0.25, 0.3) is 5.69 Å². The Kier molecular flexibility index (Phi) is 5.97. The first-order valence-electron chi connectivity index (χ1n) is 10.9. The zero-order valence-corrected chi connectivity index (χ0v) is 18.8. The number of aromatic nitrogens is 3. The van der Waals surface area contributed by atoms with Crippen LogP contribution in [0.1, 0.15) is 20.8 Å². The minimum atomic E-state index is -0.661. The first kappa shape index (κ1) is 22.0. The molecule has 32 heavy (non-hydrogen) atoms. The second-order valence-corrected chi connectivity index (χ2v) is 9.35. The Balaban J connectivity index is 1.41. The number of piperazine rings is 1. The summed E-state index contributed by atoms with van der Waals surface area (Å²) in [5, 5.41) is 23.9. The maximum absolute atomic E-state index is 12.7. The molecule has 1 fully saturated rings. The van der Waals surface area contributed by atoms with Crippen molar-refractivity contribution in [1.29, 1.82) is 0 Å². The van der Waals surface area contributed by atoms with Crippen molar-refractivity contribution in [2.75, 3.05) is 36.0 Å². The highest BCUT2D eigenvalue weighted by atomic mass is 16.3. The lowest BCUT2D eigenvalue weighted by atomic mass is 9.89. The molecule has 2 heterocycles. The van der Waals surface area contributed by atoms with E-state index in [4.69, 9.17) is 0 Å². The van der Waals surface area contributed by atoms with Crippen LogP contribution in [-0.2, 0) is 6.54 Å². The van der Waals surface area contributed by atoms with Crippen LogP contribution in [0.2, 0.25) is 0 Å². The quantitative estimate of drug-likeness (QED) is 0.638. The van der Waals surface area contributed by atoms with Crippen LogP contribution in [0.4, 0.5) is 11.4 Å². The summed E-state index contributed by atoms with van der Waals surface area (Å²) in [6, 6.07) is 15.2. The Bertz CT molecular complexity index is 1090. The summed E-state index contributed by atoms with van der Waals surface area (Å²) >= 11 is 0. The molecule has 0 saturated carbocycles. The molecule has 0 aliphatic carbocycles. The lowest BCUT2D eigenvalue weighted by Gasteiger charge is -2.37. The second-order valence-electron chi connectivity index (χ2n) is 9.35. The fraction of sp³-hybridized carbons (Fsp3) is 0.417. The van der Waals surface area contributed by atoms with Gasteiger partial charge in [0.1, 0.15) is 12.1 Å². The number of nitrogens with zero attached hydrogens (tertiary/aromatic N) is 5. The zero-order valence-electron chi connectivity index (χ0n) is 18.8. The first-order chi connectivity index (χ1) is 15.2. The number of rotatable bonds is 5. The number of aromatic hydroxyl groups is 1.